The van der Waals surface area contributed by atoms with Crippen molar-refractivity contribution >= 4 is 0 Å². The van der Waals surface area contributed by atoms with Gasteiger partial charge in [-0.1, -0.05) is 31.2 Å². The van der Waals surface area contributed by atoms with Crippen LogP contribution in [0.4, 0.5) is 0 Å². The first kappa shape index (κ1) is 29.8. The molecule has 0 aliphatic heterocycles. The smallest absolute Gasteiger partial charge is 0.137 e. The third-order valence-electron chi connectivity index (χ3n) is 10.5. The van der Waals surface area contributed by atoms with E-state index in [2.05, 4.69) is 35.2 Å². The third kappa shape index (κ3) is 5.55. The predicted molar refractivity (Wildman–Crippen MR) is 162 cm³/mol. The number of nitrogens with zero attached hydrogens (tertiary/aromatic N) is 5. The number of nitriles is 2. The minimum absolute atomic E-state index is 0.0883. The van der Waals surface area contributed by atoms with Crippen LogP contribution in [0.5, 0.6) is 5.75 Å². The van der Waals surface area contributed by atoms with Crippen LogP contribution in [0.25, 0.3) is 0 Å². The minimum Gasteiger partial charge on any atom is -0.508 e. The van der Waals surface area contributed by atoms with Crippen molar-refractivity contribution in [3.8, 4) is 17.9 Å². The van der Waals surface area contributed by atoms with Crippen LogP contribution in [0, 0.1) is 39.9 Å². The monoisotopic (exact) mass is 565 g/mol. The van der Waals surface area contributed by atoms with Crippen LogP contribution < -0.4 is 0 Å². The molecule has 2 fully saturated rings. The van der Waals surface area contributed by atoms with E-state index in [-0.39, 0.29) is 11.5 Å². The van der Waals surface area contributed by atoms with E-state index in [0.29, 0.717) is 24.1 Å². The fourth-order valence-corrected chi connectivity index (χ4v) is 7.68. The van der Waals surface area contributed by atoms with Crippen LogP contribution in [0.1, 0.15) is 100 Å². The maximum Gasteiger partial charge on any atom is 0.137 e. The van der Waals surface area contributed by atoms with Gasteiger partial charge in [0, 0.05) is 0 Å². The highest BCUT2D eigenvalue weighted by Crippen LogP contribution is 2.60. The molecule has 2 aromatic carbocycles. The number of benzene rings is 2. The highest BCUT2D eigenvalue weighted by Gasteiger charge is 2.54. The van der Waals surface area contributed by atoms with E-state index in [1.807, 2.05) is 58.0 Å². The lowest BCUT2D eigenvalue weighted by atomic mass is 9.55. The van der Waals surface area contributed by atoms with Gasteiger partial charge in [-0.25, -0.2) is 9.67 Å². The average molecular weight is 566 g/mol. The van der Waals surface area contributed by atoms with Gasteiger partial charge >= 0.3 is 0 Å². The Morgan fingerprint density at radius 3 is 2.29 bits per heavy atom. The van der Waals surface area contributed by atoms with Crippen molar-refractivity contribution in [3.63, 3.8) is 0 Å². The van der Waals surface area contributed by atoms with Crippen molar-refractivity contribution in [2.75, 3.05) is 0 Å². The molecule has 42 heavy (non-hydrogen) atoms. The van der Waals surface area contributed by atoms with Gasteiger partial charge in [0.15, 0.2) is 0 Å². The third-order valence-corrected chi connectivity index (χ3v) is 10.5. The molecule has 2 saturated carbocycles. The molecule has 0 unspecified atom stereocenters. The molecule has 0 radical (unpaired) electrons. The topological polar surface area (TPSA) is 119 Å². The fraction of sp³-hybridized carbons (Fsp3) is 0.543. The van der Waals surface area contributed by atoms with Crippen molar-refractivity contribution < 1.29 is 10.2 Å². The maximum atomic E-state index is 10.4. The SMILES string of the molecule is CC(C)(C#N)c1cc(Cn2cncn2)cc(C(C)(C)C#N)c1.C[C@]12CC[C@@H]3c4ccc(O)cc4CC[C@H]3[C@@H]1CC[C@@H]2O. The second-order valence-electron chi connectivity index (χ2n) is 13.9. The van der Waals surface area contributed by atoms with Crippen molar-refractivity contribution in [1.82, 2.24) is 14.8 Å². The Balaban J connectivity index is 0.000000168. The van der Waals surface area contributed by atoms with Gasteiger partial charge in [-0.2, -0.15) is 15.6 Å². The molecule has 2 N–H and O–H groups in total. The Hall–Kier alpha value is -3.68. The Kier molecular flexibility index (Phi) is 7.94. The molecule has 3 aliphatic carbocycles. The van der Waals surface area contributed by atoms with Crippen LogP contribution in [-0.4, -0.2) is 31.1 Å². The van der Waals surface area contributed by atoms with Gasteiger partial charge in [-0.05, 0) is 129 Å². The van der Waals surface area contributed by atoms with E-state index in [9.17, 15) is 20.7 Å². The van der Waals surface area contributed by atoms with Gasteiger partial charge in [0.1, 0.15) is 18.4 Å². The van der Waals surface area contributed by atoms with Crippen molar-refractivity contribution in [1.29, 1.82) is 10.5 Å². The van der Waals surface area contributed by atoms with Crippen LogP contribution in [0.2, 0.25) is 0 Å². The summed E-state index contributed by atoms with van der Waals surface area (Å²) >= 11 is 0. The number of aliphatic hydroxyl groups is 1. The second-order valence-corrected chi connectivity index (χ2v) is 13.9. The van der Waals surface area contributed by atoms with Gasteiger partial charge in [0.2, 0.25) is 0 Å². The summed E-state index contributed by atoms with van der Waals surface area (Å²) < 4.78 is 1.72. The maximum absolute atomic E-state index is 10.4. The van der Waals surface area contributed by atoms with Gasteiger partial charge in [0.25, 0.3) is 0 Å². The molecule has 5 atom stereocenters. The van der Waals surface area contributed by atoms with E-state index < -0.39 is 10.8 Å². The van der Waals surface area contributed by atoms with Crippen molar-refractivity contribution in [3.05, 3.63) is 76.9 Å². The summed E-state index contributed by atoms with van der Waals surface area (Å²) in [5, 5.41) is 43.0. The lowest BCUT2D eigenvalue weighted by Gasteiger charge is -2.50. The first-order chi connectivity index (χ1) is 19.9. The molecule has 0 amide bonds. The van der Waals surface area contributed by atoms with Gasteiger partial charge in [-0.15, -0.1) is 0 Å². The zero-order valence-corrected chi connectivity index (χ0v) is 25.5. The molecule has 7 nitrogen and oxygen atoms in total. The second kappa shape index (κ2) is 11.2. The number of rotatable bonds is 4. The van der Waals surface area contributed by atoms with E-state index in [1.165, 1.54) is 36.7 Å². The molecule has 3 aromatic rings. The van der Waals surface area contributed by atoms with E-state index in [4.69, 9.17) is 0 Å². The molecule has 220 valence electrons. The quantitative estimate of drug-likeness (QED) is 0.371. The Bertz CT molecular complexity index is 1470. The number of fused-ring (bicyclic) bond motifs is 5. The average Bonchev–Trinajstić information content (AvgIpc) is 3.60. The van der Waals surface area contributed by atoms with Gasteiger partial charge < -0.3 is 10.2 Å². The number of aryl methyl sites for hydroxylation is 1. The summed E-state index contributed by atoms with van der Waals surface area (Å²) in [6.45, 7) is 10.4. The lowest BCUT2D eigenvalue weighted by molar-refractivity contribution is -0.0226. The molecule has 3 aliphatic rings. The zero-order valence-electron chi connectivity index (χ0n) is 25.5. The van der Waals surface area contributed by atoms with Crippen LogP contribution in [0.3, 0.4) is 0 Å². The molecule has 0 bridgehead atoms. The van der Waals surface area contributed by atoms with E-state index in [0.717, 1.165) is 41.9 Å². The minimum atomic E-state index is -0.612. The fourth-order valence-electron chi connectivity index (χ4n) is 7.68. The number of hydrogen-bond acceptors (Lipinski definition) is 6. The molecule has 6 rings (SSSR count). The number of phenols is 1. The van der Waals surface area contributed by atoms with Crippen molar-refractivity contribution in [2.45, 2.75) is 103 Å². The number of aliphatic hydroxyl groups excluding tert-OH is 1. The summed E-state index contributed by atoms with van der Waals surface area (Å²) in [7, 11) is 0. The van der Waals surface area contributed by atoms with E-state index in [1.54, 1.807) is 11.0 Å². The Labute approximate surface area is 249 Å². The first-order valence-electron chi connectivity index (χ1n) is 15.2. The highest BCUT2D eigenvalue weighted by atomic mass is 16.3. The predicted octanol–water partition coefficient (Wildman–Crippen LogP) is 6.54. The van der Waals surface area contributed by atoms with Crippen LogP contribution in [-0.2, 0) is 23.8 Å². The van der Waals surface area contributed by atoms with Crippen LogP contribution >= 0.6 is 0 Å². The zero-order chi connectivity index (χ0) is 30.3. The number of aromatic nitrogens is 3. The Morgan fingerprint density at radius 2 is 1.67 bits per heavy atom. The number of phenolic OH excluding ortho intramolecular Hbond substituents is 1. The molecular formula is C35H43N5O2. The Morgan fingerprint density at radius 1 is 0.976 bits per heavy atom. The molecule has 1 aromatic heterocycles. The van der Waals surface area contributed by atoms with Crippen molar-refractivity contribution in [2.24, 2.45) is 17.3 Å². The normalized spacial score (nSPS) is 26.5. The van der Waals surface area contributed by atoms with Gasteiger partial charge in [0.05, 0.1) is 35.6 Å². The molecule has 0 spiro atoms. The largest absolute Gasteiger partial charge is 0.508 e. The summed E-state index contributed by atoms with van der Waals surface area (Å²) in [6.07, 6.45) is 9.92. The van der Waals surface area contributed by atoms with Crippen LogP contribution in [0.15, 0.2) is 49.1 Å². The molecule has 1 heterocycles. The molecular weight excluding hydrogens is 522 g/mol. The van der Waals surface area contributed by atoms with E-state index >= 15 is 0 Å². The molecule has 7 heteroatoms. The first-order valence-corrected chi connectivity index (χ1v) is 15.2. The lowest BCUT2D eigenvalue weighted by Crippen LogP contribution is -2.43. The summed E-state index contributed by atoms with van der Waals surface area (Å²) in [5.41, 5.74) is 4.59. The summed E-state index contributed by atoms with van der Waals surface area (Å²) in [4.78, 5) is 3.94. The standard InChI is InChI=1S/C18H24O2.C17H19N5/c1-18-9-8-14-13-5-3-12(19)10-11(13)2-4-15(14)16(18)6-7-17(18)20;1-16(2,9-18)14-5-13(8-22-12-20-11-21-22)6-15(7-14)17(3,4)10-19/h3,5,10,14-17,19-20H,2,4,6-9H2,1H3;5-7,11-12H,8H2,1-4H3/t14-,15-,16+,17+,18+;/m1./s1. The summed E-state index contributed by atoms with van der Waals surface area (Å²) in [6, 6.07) is 16.6. The number of aromatic hydroxyl groups is 1. The number of hydrogen-bond donors (Lipinski definition) is 2. The highest BCUT2D eigenvalue weighted by molar-refractivity contribution is 5.43. The molecule has 0 saturated heterocycles. The van der Waals surface area contributed by atoms with Gasteiger partial charge in [-0.3, -0.25) is 0 Å². The summed E-state index contributed by atoms with van der Waals surface area (Å²) in [5.74, 6) is 2.49.